The molecule has 0 heterocycles. The average Bonchev–Trinajstić information content (AvgIpc) is 2.82. The van der Waals surface area contributed by atoms with E-state index in [1.807, 2.05) is 12.1 Å². The smallest absolute Gasteiger partial charge is 0.0136 e. The molecule has 1 atom stereocenters. The Balaban J connectivity index is 1.97. The molecule has 0 N–H and O–H groups in total. The first-order chi connectivity index (χ1) is 8.93. The van der Waals surface area contributed by atoms with Crippen LogP contribution < -0.4 is 0 Å². The maximum Gasteiger partial charge on any atom is 0.0136 e. The fourth-order valence-corrected chi connectivity index (χ4v) is 3.17. The zero-order valence-corrected chi connectivity index (χ0v) is 10.1. The lowest BCUT2D eigenvalue weighted by atomic mass is 9.92. The highest BCUT2D eigenvalue weighted by atomic mass is 14.3. The second-order valence-corrected chi connectivity index (χ2v) is 4.95. The minimum Gasteiger partial charge on any atom is -0.0614 e. The molecule has 1 unspecified atom stereocenters. The van der Waals surface area contributed by atoms with Gasteiger partial charge in [-0.25, -0.2) is 0 Å². The Kier molecular flexibility index (Phi) is 2.04. The summed E-state index contributed by atoms with van der Waals surface area (Å²) in [5.41, 5.74) is 4.37. The second-order valence-electron chi connectivity index (χ2n) is 4.95. The van der Waals surface area contributed by atoms with Crippen LogP contribution >= 0.6 is 0 Å². The lowest BCUT2D eigenvalue weighted by Crippen LogP contribution is -1.97. The molecule has 4 rings (SSSR count). The largest absolute Gasteiger partial charge is 0.0614 e. The highest BCUT2D eigenvalue weighted by molar-refractivity contribution is 5.92. The topological polar surface area (TPSA) is 0 Å². The van der Waals surface area contributed by atoms with Gasteiger partial charge in [-0.3, -0.25) is 0 Å². The van der Waals surface area contributed by atoms with E-state index >= 15 is 0 Å². The number of hydrogen-bond acceptors (Lipinski definition) is 0. The Hall–Kier alpha value is -2.08. The van der Waals surface area contributed by atoms with E-state index in [9.17, 15) is 0 Å². The van der Waals surface area contributed by atoms with E-state index < -0.39 is 0 Å². The van der Waals surface area contributed by atoms with E-state index in [1.54, 1.807) is 0 Å². The number of benzene rings is 3. The van der Waals surface area contributed by atoms with Gasteiger partial charge in [0.1, 0.15) is 0 Å². The maximum absolute atomic E-state index is 3.10. The second kappa shape index (κ2) is 3.71. The van der Waals surface area contributed by atoms with E-state index in [1.165, 1.54) is 27.5 Å². The summed E-state index contributed by atoms with van der Waals surface area (Å²) in [6, 6.07) is 24.8. The van der Waals surface area contributed by atoms with Crippen LogP contribution in [0, 0.1) is 6.07 Å². The van der Waals surface area contributed by atoms with Crippen LogP contribution in [0.5, 0.6) is 0 Å². The van der Waals surface area contributed by atoms with Crippen molar-refractivity contribution in [3.63, 3.8) is 0 Å². The Morgan fingerprint density at radius 1 is 0.889 bits per heavy atom. The van der Waals surface area contributed by atoms with Gasteiger partial charge in [-0.05, 0) is 39.9 Å². The molecule has 18 heavy (non-hydrogen) atoms. The number of hydrogen-bond donors (Lipinski definition) is 0. The first kappa shape index (κ1) is 9.90. The summed E-state index contributed by atoms with van der Waals surface area (Å²) in [6.07, 6.45) is 1.13. The fourth-order valence-electron chi connectivity index (χ4n) is 3.17. The molecule has 0 heteroatoms. The van der Waals surface area contributed by atoms with Gasteiger partial charge in [0.15, 0.2) is 0 Å². The maximum atomic E-state index is 3.10. The average molecular weight is 229 g/mol. The molecule has 1 radical (unpaired) electrons. The molecule has 0 saturated carbocycles. The molecule has 0 spiro atoms. The van der Waals surface area contributed by atoms with E-state index in [0.29, 0.717) is 5.92 Å². The van der Waals surface area contributed by atoms with Gasteiger partial charge in [0.2, 0.25) is 0 Å². The standard InChI is InChI=1S/C18H13/c1-2-6-13(7-3-1)17-12-15-10-4-8-14-9-5-11-16(17)18(14)15/h2-11,17H,12H2. The van der Waals surface area contributed by atoms with Crippen LogP contribution in [0.2, 0.25) is 0 Å². The highest BCUT2D eigenvalue weighted by Crippen LogP contribution is 2.41. The molecule has 1 aliphatic carbocycles. The van der Waals surface area contributed by atoms with Crippen LogP contribution in [-0.4, -0.2) is 0 Å². The quantitative estimate of drug-likeness (QED) is 0.582. The monoisotopic (exact) mass is 229 g/mol. The van der Waals surface area contributed by atoms with Crippen molar-refractivity contribution in [2.24, 2.45) is 0 Å². The zero-order chi connectivity index (χ0) is 11.9. The fraction of sp³-hybridized carbons (Fsp3) is 0.111. The molecule has 0 fully saturated rings. The van der Waals surface area contributed by atoms with Crippen molar-refractivity contribution >= 4 is 10.8 Å². The summed E-state index contributed by atoms with van der Waals surface area (Å²) in [5, 5.41) is 2.84. The Labute approximate surface area is 107 Å². The van der Waals surface area contributed by atoms with Crippen molar-refractivity contribution in [2.75, 3.05) is 0 Å². The summed E-state index contributed by atoms with van der Waals surface area (Å²) in [7, 11) is 0. The molecule has 0 saturated heterocycles. The third-order valence-corrected chi connectivity index (χ3v) is 3.97. The van der Waals surface area contributed by atoms with Gasteiger partial charge >= 0.3 is 0 Å². The van der Waals surface area contributed by atoms with E-state index in [0.717, 1.165) is 6.42 Å². The van der Waals surface area contributed by atoms with Crippen LogP contribution in [0.15, 0.2) is 60.7 Å². The van der Waals surface area contributed by atoms with Gasteiger partial charge < -0.3 is 0 Å². The third-order valence-electron chi connectivity index (χ3n) is 3.97. The van der Waals surface area contributed by atoms with Crippen molar-refractivity contribution in [2.45, 2.75) is 12.3 Å². The van der Waals surface area contributed by atoms with Gasteiger partial charge in [0, 0.05) is 5.92 Å². The van der Waals surface area contributed by atoms with E-state index in [2.05, 4.69) is 54.6 Å². The van der Waals surface area contributed by atoms with Gasteiger partial charge in [0.05, 0.1) is 0 Å². The highest BCUT2D eigenvalue weighted by Gasteiger charge is 2.24. The molecule has 0 aliphatic heterocycles. The molecule has 1 aliphatic rings. The van der Waals surface area contributed by atoms with Crippen molar-refractivity contribution in [3.05, 3.63) is 83.4 Å². The summed E-state index contributed by atoms with van der Waals surface area (Å²) in [4.78, 5) is 0. The zero-order valence-electron chi connectivity index (χ0n) is 10.1. The van der Waals surface area contributed by atoms with Gasteiger partial charge in [-0.15, -0.1) is 0 Å². The van der Waals surface area contributed by atoms with Crippen LogP contribution in [0.25, 0.3) is 10.8 Å². The molecule has 3 aromatic rings. The first-order valence-electron chi connectivity index (χ1n) is 6.40. The van der Waals surface area contributed by atoms with Crippen LogP contribution in [0.1, 0.15) is 22.6 Å². The predicted octanol–water partition coefficient (Wildman–Crippen LogP) is 4.33. The molecular weight excluding hydrogens is 216 g/mol. The van der Waals surface area contributed by atoms with Crippen molar-refractivity contribution in [1.82, 2.24) is 0 Å². The van der Waals surface area contributed by atoms with Gasteiger partial charge in [0.25, 0.3) is 0 Å². The van der Waals surface area contributed by atoms with Gasteiger partial charge in [-0.1, -0.05) is 60.7 Å². The SMILES string of the molecule is [c]1ccc(C2Cc3cccc4cccc2c34)cc1. The first-order valence-corrected chi connectivity index (χ1v) is 6.40. The Bertz CT molecular complexity index is 705. The molecule has 0 bridgehead atoms. The van der Waals surface area contributed by atoms with Crippen molar-refractivity contribution in [3.8, 4) is 0 Å². The van der Waals surface area contributed by atoms with Gasteiger partial charge in [-0.2, -0.15) is 0 Å². The molecule has 3 aromatic carbocycles. The Morgan fingerprint density at radius 3 is 2.50 bits per heavy atom. The molecular formula is C18H13. The van der Waals surface area contributed by atoms with Crippen LogP contribution in [0.4, 0.5) is 0 Å². The van der Waals surface area contributed by atoms with Crippen LogP contribution in [-0.2, 0) is 6.42 Å². The third kappa shape index (κ3) is 1.32. The molecule has 0 nitrogen and oxygen atoms in total. The lowest BCUT2D eigenvalue weighted by molar-refractivity contribution is 0.848. The molecule has 85 valence electrons. The van der Waals surface area contributed by atoms with E-state index in [-0.39, 0.29) is 0 Å². The van der Waals surface area contributed by atoms with Crippen LogP contribution in [0.3, 0.4) is 0 Å². The van der Waals surface area contributed by atoms with Crippen molar-refractivity contribution in [1.29, 1.82) is 0 Å². The van der Waals surface area contributed by atoms with Crippen molar-refractivity contribution < 1.29 is 0 Å². The Morgan fingerprint density at radius 2 is 1.67 bits per heavy atom. The normalized spacial score (nSPS) is 17.2. The summed E-state index contributed by atoms with van der Waals surface area (Å²) >= 11 is 0. The molecule has 0 aromatic heterocycles. The minimum atomic E-state index is 0.515. The molecule has 0 amide bonds. The summed E-state index contributed by atoms with van der Waals surface area (Å²) in [6.45, 7) is 0. The summed E-state index contributed by atoms with van der Waals surface area (Å²) < 4.78 is 0. The van der Waals surface area contributed by atoms with E-state index in [4.69, 9.17) is 0 Å². The lowest BCUT2D eigenvalue weighted by Gasteiger charge is -2.11. The summed E-state index contributed by atoms with van der Waals surface area (Å²) in [5.74, 6) is 0.515. The predicted molar refractivity (Wildman–Crippen MR) is 74.8 cm³/mol. The number of rotatable bonds is 1. The minimum absolute atomic E-state index is 0.515.